The van der Waals surface area contributed by atoms with E-state index in [0.29, 0.717) is 6.04 Å². The molecule has 0 radical (unpaired) electrons. The van der Waals surface area contributed by atoms with Crippen molar-refractivity contribution in [3.8, 4) is 0 Å². The van der Waals surface area contributed by atoms with Crippen molar-refractivity contribution in [2.24, 2.45) is 11.8 Å². The second-order valence-corrected chi connectivity index (χ2v) is 4.51. The Morgan fingerprint density at radius 2 is 2.23 bits per heavy atom. The van der Waals surface area contributed by atoms with Crippen molar-refractivity contribution in [3.05, 3.63) is 0 Å². The minimum atomic E-state index is -0.734. The zero-order chi connectivity index (χ0) is 9.42. The van der Waals surface area contributed by atoms with Gasteiger partial charge in [-0.2, -0.15) is 0 Å². The van der Waals surface area contributed by atoms with Gasteiger partial charge < -0.3 is 10.4 Å². The van der Waals surface area contributed by atoms with Gasteiger partial charge in [-0.3, -0.25) is 4.79 Å². The summed E-state index contributed by atoms with van der Waals surface area (Å²) < 4.78 is 0. The molecule has 0 aromatic heterocycles. The van der Waals surface area contributed by atoms with Gasteiger partial charge in [0.2, 0.25) is 0 Å². The van der Waals surface area contributed by atoms with Gasteiger partial charge in [0.05, 0.1) is 0 Å². The second kappa shape index (κ2) is 3.29. The van der Waals surface area contributed by atoms with Gasteiger partial charge in [0, 0.05) is 6.04 Å². The molecule has 0 amide bonds. The summed E-state index contributed by atoms with van der Waals surface area (Å²) in [5, 5.41) is 12.0. The number of hydrogen-bond acceptors (Lipinski definition) is 2. The van der Waals surface area contributed by atoms with Crippen molar-refractivity contribution in [2.45, 2.75) is 44.7 Å². The Morgan fingerprint density at radius 3 is 2.69 bits per heavy atom. The second-order valence-electron chi connectivity index (χ2n) is 4.51. The summed E-state index contributed by atoms with van der Waals surface area (Å²) in [6, 6.07) is 0.0919. The van der Waals surface area contributed by atoms with E-state index < -0.39 is 5.97 Å². The molecule has 4 unspecified atom stereocenters. The molecule has 2 N–H and O–H groups in total. The Balaban J connectivity index is 1.86. The SMILES string of the molecule is CC(NC1CC2CCC1C2)C(=O)O. The number of carboxylic acid groups (broad SMARTS) is 1. The number of aliphatic carboxylic acids is 1. The number of fused-ring (bicyclic) bond motifs is 2. The maximum Gasteiger partial charge on any atom is 0.320 e. The Bertz CT molecular complexity index is 217. The van der Waals surface area contributed by atoms with Crippen LogP contribution in [0.15, 0.2) is 0 Å². The third-order valence-corrected chi connectivity index (χ3v) is 3.57. The van der Waals surface area contributed by atoms with Crippen LogP contribution in [0.5, 0.6) is 0 Å². The van der Waals surface area contributed by atoms with Crippen LogP contribution in [0.25, 0.3) is 0 Å². The summed E-state index contributed by atoms with van der Waals surface area (Å²) in [5.41, 5.74) is 0. The highest BCUT2D eigenvalue weighted by atomic mass is 16.4. The van der Waals surface area contributed by atoms with Crippen LogP contribution in [-0.2, 0) is 4.79 Å². The molecule has 0 aromatic rings. The summed E-state index contributed by atoms with van der Waals surface area (Å²) in [4.78, 5) is 10.6. The molecule has 2 saturated carbocycles. The molecule has 0 saturated heterocycles. The van der Waals surface area contributed by atoms with Crippen LogP contribution in [0.3, 0.4) is 0 Å². The molecule has 2 aliphatic rings. The molecule has 2 bridgehead atoms. The molecular formula is C10H17NO2. The maximum atomic E-state index is 10.6. The lowest BCUT2D eigenvalue weighted by Gasteiger charge is -2.24. The summed E-state index contributed by atoms with van der Waals surface area (Å²) in [6.45, 7) is 1.73. The first-order valence-corrected chi connectivity index (χ1v) is 5.15. The first-order chi connectivity index (χ1) is 6.16. The van der Waals surface area contributed by atoms with E-state index in [9.17, 15) is 4.79 Å². The number of carboxylic acids is 1. The average Bonchev–Trinajstić information content (AvgIpc) is 2.64. The first kappa shape index (κ1) is 9.00. The number of nitrogens with one attached hydrogen (secondary N) is 1. The fourth-order valence-electron chi connectivity index (χ4n) is 2.84. The number of hydrogen-bond donors (Lipinski definition) is 2. The van der Waals surface area contributed by atoms with E-state index in [0.717, 1.165) is 11.8 Å². The van der Waals surface area contributed by atoms with E-state index in [2.05, 4.69) is 5.32 Å². The van der Waals surface area contributed by atoms with Crippen molar-refractivity contribution < 1.29 is 9.90 Å². The molecule has 3 heteroatoms. The van der Waals surface area contributed by atoms with E-state index in [-0.39, 0.29) is 6.04 Å². The third kappa shape index (κ3) is 1.70. The maximum absolute atomic E-state index is 10.6. The molecule has 2 rings (SSSR count). The average molecular weight is 183 g/mol. The lowest BCUT2D eigenvalue weighted by atomic mass is 9.95. The van der Waals surface area contributed by atoms with Gasteiger partial charge >= 0.3 is 5.97 Å². The van der Waals surface area contributed by atoms with Gasteiger partial charge in [0.1, 0.15) is 6.04 Å². The van der Waals surface area contributed by atoms with Gasteiger partial charge in [0.15, 0.2) is 0 Å². The summed E-state index contributed by atoms with van der Waals surface area (Å²) in [6.07, 6.45) is 5.19. The number of carbonyl (C=O) groups is 1. The monoisotopic (exact) mass is 183 g/mol. The summed E-state index contributed by atoms with van der Waals surface area (Å²) >= 11 is 0. The fourth-order valence-corrected chi connectivity index (χ4v) is 2.84. The minimum absolute atomic E-state index is 0.385. The Hall–Kier alpha value is -0.570. The molecule has 2 aliphatic carbocycles. The molecule has 0 aromatic carbocycles. The topological polar surface area (TPSA) is 49.3 Å². The van der Waals surface area contributed by atoms with Crippen molar-refractivity contribution >= 4 is 5.97 Å². The molecule has 0 heterocycles. The van der Waals surface area contributed by atoms with Crippen molar-refractivity contribution in [2.75, 3.05) is 0 Å². The highest BCUT2D eigenvalue weighted by molar-refractivity contribution is 5.72. The summed E-state index contributed by atoms with van der Waals surface area (Å²) in [5.74, 6) is 0.901. The van der Waals surface area contributed by atoms with E-state index in [1.807, 2.05) is 0 Å². The Labute approximate surface area is 78.5 Å². The molecule has 4 atom stereocenters. The molecule has 0 aliphatic heterocycles. The van der Waals surface area contributed by atoms with Crippen LogP contribution in [-0.4, -0.2) is 23.2 Å². The van der Waals surface area contributed by atoms with Crippen molar-refractivity contribution in [3.63, 3.8) is 0 Å². The quantitative estimate of drug-likeness (QED) is 0.692. The molecule has 2 fully saturated rings. The highest BCUT2D eigenvalue weighted by Crippen LogP contribution is 2.44. The fraction of sp³-hybridized carbons (Fsp3) is 0.900. The standard InChI is InChI=1S/C10H17NO2/c1-6(10(12)13)11-9-5-7-2-3-8(9)4-7/h6-9,11H,2-5H2,1H3,(H,12,13). The molecule has 74 valence electrons. The predicted octanol–water partition coefficient (Wildman–Crippen LogP) is 1.24. The van der Waals surface area contributed by atoms with E-state index in [4.69, 9.17) is 5.11 Å². The van der Waals surface area contributed by atoms with Crippen LogP contribution in [0.2, 0.25) is 0 Å². The van der Waals surface area contributed by atoms with Crippen molar-refractivity contribution in [1.82, 2.24) is 5.32 Å². The third-order valence-electron chi connectivity index (χ3n) is 3.57. The first-order valence-electron chi connectivity index (χ1n) is 5.15. The van der Waals surface area contributed by atoms with Gasteiger partial charge in [-0.05, 0) is 38.0 Å². The van der Waals surface area contributed by atoms with E-state index in [1.54, 1.807) is 6.92 Å². The Morgan fingerprint density at radius 1 is 1.46 bits per heavy atom. The molecule has 3 nitrogen and oxygen atoms in total. The van der Waals surface area contributed by atoms with Crippen LogP contribution in [0.4, 0.5) is 0 Å². The van der Waals surface area contributed by atoms with Crippen LogP contribution in [0.1, 0.15) is 32.6 Å². The predicted molar refractivity (Wildman–Crippen MR) is 49.5 cm³/mol. The number of rotatable bonds is 3. The van der Waals surface area contributed by atoms with Gasteiger partial charge in [-0.25, -0.2) is 0 Å². The van der Waals surface area contributed by atoms with E-state index >= 15 is 0 Å². The molecule has 0 spiro atoms. The minimum Gasteiger partial charge on any atom is -0.480 e. The molecular weight excluding hydrogens is 166 g/mol. The van der Waals surface area contributed by atoms with Crippen LogP contribution >= 0.6 is 0 Å². The molecule has 13 heavy (non-hydrogen) atoms. The van der Waals surface area contributed by atoms with Crippen LogP contribution < -0.4 is 5.32 Å². The van der Waals surface area contributed by atoms with Crippen molar-refractivity contribution in [1.29, 1.82) is 0 Å². The van der Waals surface area contributed by atoms with Crippen LogP contribution in [0, 0.1) is 11.8 Å². The largest absolute Gasteiger partial charge is 0.480 e. The highest BCUT2D eigenvalue weighted by Gasteiger charge is 2.40. The summed E-state index contributed by atoms with van der Waals surface area (Å²) in [7, 11) is 0. The lowest BCUT2D eigenvalue weighted by molar-refractivity contribution is -0.139. The smallest absolute Gasteiger partial charge is 0.320 e. The zero-order valence-electron chi connectivity index (χ0n) is 7.99. The van der Waals surface area contributed by atoms with Gasteiger partial charge in [-0.15, -0.1) is 0 Å². The normalized spacial score (nSPS) is 39.3. The van der Waals surface area contributed by atoms with Gasteiger partial charge in [-0.1, -0.05) is 6.42 Å². The van der Waals surface area contributed by atoms with Gasteiger partial charge in [0.25, 0.3) is 0 Å². The van der Waals surface area contributed by atoms with E-state index in [1.165, 1.54) is 25.7 Å². The lowest BCUT2D eigenvalue weighted by Crippen LogP contribution is -2.43. The zero-order valence-corrected chi connectivity index (χ0v) is 7.99. The Kier molecular flexibility index (Phi) is 2.28.